The lowest BCUT2D eigenvalue weighted by Crippen LogP contribution is -2.12. The van der Waals surface area contributed by atoms with Crippen LogP contribution in [0.3, 0.4) is 0 Å². The maximum Gasteiger partial charge on any atom is 0.260 e. The van der Waals surface area contributed by atoms with E-state index in [4.69, 9.17) is 0 Å². The van der Waals surface area contributed by atoms with E-state index in [1.807, 2.05) is 0 Å². The summed E-state index contributed by atoms with van der Waals surface area (Å²) in [7, 11) is -3.51. The molecule has 0 saturated carbocycles. The lowest BCUT2D eigenvalue weighted by molar-refractivity contribution is 0.102. The first-order valence-corrected chi connectivity index (χ1v) is 7.98. The average Bonchev–Trinajstić information content (AvgIpc) is 2.88. The standard InChI is InChI=1S/C11H10FN3O3S2/c1-2-20(17,18)11-14-10(19-15-11)13-9(16)7-4-3-5-8(12)6-7/h3-6H,2H2,1H3,(H,13,14,15,16). The highest BCUT2D eigenvalue weighted by Crippen LogP contribution is 2.17. The molecule has 2 aromatic rings. The molecule has 1 amide bonds. The van der Waals surface area contributed by atoms with Gasteiger partial charge in [-0.3, -0.25) is 10.1 Å². The number of benzene rings is 1. The molecule has 0 atom stereocenters. The first kappa shape index (κ1) is 14.5. The topological polar surface area (TPSA) is 89.0 Å². The molecule has 0 aliphatic rings. The first-order chi connectivity index (χ1) is 9.42. The summed E-state index contributed by atoms with van der Waals surface area (Å²) in [4.78, 5) is 15.5. The summed E-state index contributed by atoms with van der Waals surface area (Å²) >= 11 is 0.753. The van der Waals surface area contributed by atoms with E-state index in [9.17, 15) is 17.6 Å². The lowest BCUT2D eigenvalue weighted by atomic mass is 10.2. The Morgan fingerprint density at radius 1 is 1.45 bits per heavy atom. The van der Waals surface area contributed by atoms with Crippen molar-refractivity contribution in [1.82, 2.24) is 9.36 Å². The number of hydrogen-bond acceptors (Lipinski definition) is 6. The van der Waals surface area contributed by atoms with Crippen molar-refractivity contribution >= 4 is 32.4 Å². The smallest absolute Gasteiger partial charge is 0.260 e. The van der Waals surface area contributed by atoms with Crippen LogP contribution in [0.1, 0.15) is 17.3 Å². The van der Waals surface area contributed by atoms with Gasteiger partial charge >= 0.3 is 0 Å². The number of anilines is 1. The highest BCUT2D eigenvalue weighted by Gasteiger charge is 2.19. The van der Waals surface area contributed by atoms with Crippen LogP contribution in [-0.2, 0) is 9.84 Å². The zero-order chi connectivity index (χ0) is 14.8. The highest BCUT2D eigenvalue weighted by atomic mass is 32.2. The summed E-state index contributed by atoms with van der Waals surface area (Å²) in [5.41, 5.74) is 0.111. The number of carbonyl (C=O) groups excluding carboxylic acids is 1. The van der Waals surface area contributed by atoms with Crippen LogP contribution in [0.5, 0.6) is 0 Å². The molecule has 0 aliphatic heterocycles. The number of hydrogen-bond donors (Lipinski definition) is 1. The van der Waals surface area contributed by atoms with Crippen molar-refractivity contribution in [2.24, 2.45) is 0 Å². The van der Waals surface area contributed by atoms with Crippen LogP contribution in [0.15, 0.2) is 29.4 Å². The number of rotatable bonds is 4. The molecular formula is C11H10FN3O3S2. The molecule has 9 heteroatoms. The minimum absolute atomic E-state index is 0.0475. The third kappa shape index (κ3) is 3.17. The summed E-state index contributed by atoms with van der Waals surface area (Å²) in [6, 6.07) is 5.12. The molecule has 2 rings (SSSR count). The fourth-order valence-corrected chi connectivity index (χ4v) is 2.90. The Morgan fingerprint density at radius 3 is 2.85 bits per heavy atom. The molecule has 6 nitrogen and oxygen atoms in total. The van der Waals surface area contributed by atoms with Crippen LogP contribution >= 0.6 is 11.5 Å². The third-order valence-electron chi connectivity index (χ3n) is 2.37. The molecule has 0 fully saturated rings. The van der Waals surface area contributed by atoms with Crippen molar-refractivity contribution in [1.29, 1.82) is 0 Å². The van der Waals surface area contributed by atoms with Gasteiger partial charge in [0.1, 0.15) is 5.82 Å². The van der Waals surface area contributed by atoms with Crippen molar-refractivity contribution in [3.63, 3.8) is 0 Å². The van der Waals surface area contributed by atoms with Crippen LogP contribution in [0, 0.1) is 5.82 Å². The van der Waals surface area contributed by atoms with Crippen molar-refractivity contribution in [3.8, 4) is 0 Å². The highest BCUT2D eigenvalue weighted by molar-refractivity contribution is 7.91. The zero-order valence-corrected chi connectivity index (χ0v) is 12.0. The van der Waals surface area contributed by atoms with Crippen molar-refractivity contribution in [2.45, 2.75) is 12.1 Å². The predicted octanol–water partition coefficient (Wildman–Crippen LogP) is 1.72. The number of carbonyl (C=O) groups is 1. The lowest BCUT2D eigenvalue weighted by Gasteiger charge is -2.00. The summed E-state index contributed by atoms with van der Waals surface area (Å²) < 4.78 is 39.7. The van der Waals surface area contributed by atoms with E-state index in [2.05, 4.69) is 14.7 Å². The minimum atomic E-state index is -3.51. The minimum Gasteiger partial charge on any atom is -0.297 e. The van der Waals surface area contributed by atoms with E-state index < -0.39 is 21.6 Å². The molecule has 1 aromatic heterocycles. The van der Waals surface area contributed by atoms with Gasteiger partial charge in [0, 0.05) is 17.1 Å². The van der Waals surface area contributed by atoms with Crippen LogP contribution in [0.25, 0.3) is 0 Å². The van der Waals surface area contributed by atoms with Crippen molar-refractivity contribution in [3.05, 3.63) is 35.6 Å². The Balaban J connectivity index is 2.17. The van der Waals surface area contributed by atoms with Gasteiger partial charge in [-0.25, -0.2) is 12.8 Å². The maximum atomic E-state index is 13.0. The molecule has 1 heterocycles. The Kier molecular flexibility index (Phi) is 4.09. The molecule has 0 unspecified atom stereocenters. The molecule has 0 aliphatic carbocycles. The van der Waals surface area contributed by atoms with Crippen molar-refractivity contribution in [2.75, 3.05) is 11.1 Å². The Morgan fingerprint density at radius 2 is 2.20 bits per heavy atom. The molecule has 0 bridgehead atoms. The van der Waals surface area contributed by atoms with Gasteiger partial charge < -0.3 is 0 Å². The average molecular weight is 315 g/mol. The normalized spacial score (nSPS) is 11.3. The first-order valence-electron chi connectivity index (χ1n) is 5.56. The van der Waals surface area contributed by atoms with E-state index in [1.54, 1.807) is 0 Å². The van der Waals surface area contributed by atoms with E-state index in [-0.39, 0.29) is 21.6 Å². The number of amides is 1. The number of halogens is 1. The quantitative estimate of drug-likeness (QED) is 0.928. The van der Waals surface area contributed by atoms with E-state index in [0.717, 1.165) is 17.6 Å². The number of nitrogens with one attached hydrogen (secondary N) is 1. The fourth-order valence-electron chi connectivity index (χ4n) is 1.32. The van der Waals surface area contributed by atoms with Gasteiger partial charge in [-0.15, -0.1) is 0 Å². The molecule has 0 radical (unpaired) electrons. The molecule has 0 spiro atoms. The molecule has 106 valence electrons. The molecule has 0 saturated heterocycles. The Bertz CT molecular complexity index is 743. The molecule has 1 N–H and O–H groups in total. The number of aromatic nitrogens is 2. The van der Waals surface area contributed by atoms with E-state index in [0.29, 0.717) is 0 Å². The zero-order valence-electron chi connectivity index (χ0n) is 10.3. The van der Waals surface area contributed by atoms with Gasteiger partial charge in [0.25, 0.3) is 11.1 Å². The van der Waals surface area contributed by atoms with Gasteiger partial charge in [-0.1, -0.05) is 13.0 Å². The molecule has 1 aromatic carbocycles. The van der Waals surface area contributed by atoms with Gasteiger partial charge in [-0.2, -0.15) is 9.36 Å². The largest absolute Gasteiger partial charge is 0.297 e. The third-order valence-corrected chi connectivity index (χ3v) is 4.62. The van der Waals surface area contributed by atoms with Gasteiger partial charge in [0.2, 0.25) is 15.0 Å². The van der Waals surface area contributed by atoms with Gasteiger partial charge in [-0.05, 0) is 18.2 Å². The Labute approximate surface area is 118 Å². The van der Waals surface area contributed by atoms with Crippen molar-refractivity contribution < 1.29 is 17.6 Å². The second kappa shape index (κ2) is 5.63. The van der Waals surface area contributed by atoms with Crippen LogP contribution in [0.4, 0.5) is 9.52 Å². The number of nitrogens with zero attached hydrogens (tertiary/aromatic N) is 2. The molecule has 20 heavy (non-hydrogen) atoms. The summed E-state index contributed by atoms with van der Waals surface area (Å²) in [5.74, 6) is -1.24. The fraction of sp³-hybridized carbons (Fsp3) is 0.182. The predicted molar refractivity (Wildman–Crippen MR) is 72.0 cm³/mol. The maximum absolute atomic E-state index is 13.0. The Hall–Kier alpha value is -1.87. The van der Waals surface area contributed by atoms with Crippen LogP contribution in [0.2, 0.25) is 0 Å². The number of sulfone groups is 1. The van der Waals surface area contributed by atoms with Crippen LogP contribution in [-0.4, -0.2) is 29.4 Å². The summed E-state index contributed by atoms with van der Waals surface area (Å²) in [6.45, 7) is 1.47. The second-order valence-electron chi connectivity index (χ2n) is 3.75. The molecular weight excluding hydrogens is 305 g/mol. The van der Waals surface area contributed by atoms with Crippen LogP contribution < -0.4 is 5.32 Å². The van der Waals surface area contributed by atoms with Gasteiger partial charge in [0.05, 0.1) is 5.75 Å². The summed E-state index contributed by atoms with van der Waals surface area (Å²) in [6.07, 6.45) is 0. The van der Waals surface area contributed by atoms with Gasteiger partial charge in [0.15, 0.2) is 0 Å². The second-order valence-corrected chi connectivity index (χ2v) is 6.67. The SMILES string of the molecule is CCS(=O)(=O)c1nsc(NC(=O)c2cccc(F)c2)n1. The monoisotopic (exact) mass is 315 g/mol. The van der Waals surface area contributed by atoms with E-state index >= 15 is 0 Å². The summed E-state index contributed by atoms with van der Waals surface area (Å²) in [5, 5.41) is 2.10. The van der Waals surface area contributed by atoms with E-state index in [1.165, 1.54) is 25.1 Å².